The standard InChI is InChI=1S/C14H18O4/c1-6-7-8-9(12(8,2)3)14(7)10(15)17-13(4,5)18-11(14)16/h6,8-9H,1-5H3/b7-6+. The molecule has 0 N–H and O–H groups in total. The predicted octanol–water partition coefficient (Wildman–Crippen LogP) is 2.04. The van der Waals surface area contributed by atoms with Crippen molar-refractivity contribution in [2.24, 2.45) is 22.7 Å². The molecule has 2 atom stereocenters. The summed E-state index contributed by atoms with van der Waals surface area (Å²) in [6, 6.07) is 0. The SMILES string of the molecule is C/C=C1\C2C(C13C(=O)OC(C)(C)OC3=O)C2(C)C. The minimum absolute atomic E-state index is 0.0125. The Labute approximate surface area is 106 Å². The van der Waals surface area contributed by atoms with Crippen LogP contribution in [0.3, 0.4) is 0 Å². The van der Waals surface area contributed by atoms with Crippen LogP contribution in [0.1, 0.15) is 34.6 Å². The second-order valence-electron chi connectivity index (χ2n) is 6.51. The highest BCUT2D eigenvalue weighted by Crippen LogP contribution is 2.82. The molecular weight excluding hydrogens is 232 g/mol. The molecule has 0 aromatic rings. The van der Waals surface area contributed by atoms with Crippen molar-refractivity contribution in [1.29, 1.82) is 0 Å². The maximum Gasteiger partial charge on any atom is 0.331 e. The number of rotatable bonds is 0. The molecular formula is C14H18O4. The minimum Gasteiger partial charge on any atom is -0.422 e. The predicted molar refractivity (Wildman–Crippen MR) is 63.2 cm³/mol. The third-order valence-electron chi connectivity index (χ3n) is 4.72. The van der Waals surface area contributed by atoms with Gasteiger partial charge in [-0.25, -0.2) is 0 Å². The van der Waals surface area contributed by atoms with E-state index in [-0.39, 0.29) is 11.3 Å². The van der Waals surface area contributed by atoms with Crippen LogP contribution >= 0.6 is 0 Å². The van der Waals surface area contributed by atoms with Crippen LogP contribution in [0.5, 0.6) is 0 Å². The summed E-state index contributed by atoms with van der Waals surface area (Å²) in [5.41, 5.74) is -0.289. The zero-order valence-corrected chi connectivity index (χ0v) is 11.4. The van der Waals surface area contributed by atoms with E-state index in [0.717, 1.165) is 5.57 Å². The molecule has 0 aromatic heterocycles. The van der Waals surface area contributed by atoms with E-state index in [4.69, 9.17) is 9.47 Å². The largest absolute Gasteiger partial charge is 0.422 e. The molecule has 2 unspecified atom stereocenters. The van der Waals surface area contributed by atoms with Gasteiger partial charge in [-0.2, -0.15) is 0 Å². The average molecular weight is 250 g/mol. The van der Waals surface area contributed by atoms with E-state index in [2.05, 4.69) is 13.8 Å². The number of esters is 2. The van der Waals surface area contributed by atoms with Crippen LogP contribution in [0.15, 0.2) is 11.6 Å². The van der Waals surface area contributed by atoms with Crippen LogP contribution in [0.2, 0.25) is 0 Å². The molecule has 98 valence electrons. The minimum atomic E-state index is -1.15. The zero-order valence-electron chi connectivity index (χ0n) is 11.4. The van der Waals surface area contributed by atoms with Crippen LogP contribution in [0, 0.1) is 22.7 Å². The Balaban J connectivity index is 2.07. The van der Waals surface area contributed by atoms with E-state index in [1.807, 2.05) is 13.0 Å². The van der Waals surface area contributed by atoms with Crippen molar-refractivity contribution in [3.05, 3.63) is 11.6 Å². The molecule has 3 aliphatic rings. The second-order valence-corrected chi connectivity index (χ2v) is 6.51. The van der Waals surface area contributed by atoms with E-state index in [0.29, 0.717) is 5.92 Å². The first-order chi connectivity index (χ1) is 8.19. The highest BCUT2D eigenvalue weighted by Gasteiger charge is 2.86. The molecule has 2 saturated carbocycles. The van der Waals surface area contributed by atoms with E-state index in [9.17, 15) is 9.59 Å². The summed E-state index contributed by atoms with van der Waals surface area (Å²) in [4.78, 5) is 24.7. The van der Waals surface area contributed by atoms with Gasteiger partial charge in [-0.1, -0.05) is 19.9 Å². The lowest BCUT2D eigenvalue weighted by molar-refractivity contribution is -0.253. The van der Waals surface area contributed by atoms with Gasteiger partial charge < -0.3 is 9.47 Å². The maximum absolute atomic E-state index is 12.4. The Morgan fingerprint density at radius 1 is 1.06 bits per heavy atom. The van der Waals surface area contributed by atoms with Crippen LogP contribution in [0.4, 0.5) is 0 Å². The van der Waals surface area contributed by atoms with Gasteiger partial charge >= 0.3 is 11.9 Å². The fraction of sp³-hybridized carbons (Fsp3) is 0.714. The topological polar surface area (TPSA) is 52.6 Å². The van der Waals surface area contributed by atoms with Gasteiger partial charge in [-0.15, -0.1) is 0 Å². The number of hydrogen-bond donors (Lipinski definition) is 0. The van der Waals surface area contributed by atoms with Gasteiger partial charge in [0.2, 0.25) is 0 Å². The molecule has 0 aromatic carbocycles. The van der Waals surface area contributed by atoms with Crippen molar-refractivity contribution >= 4 is 11.9 Å². The van der Waals surface area contributed by atoms with Gasteiger partial charge in [-0.05, 0) is 23.8 Å². The summed E-state index contributed by atoms with van der Waals surface area (Å²) in [5.74, 6) is -1.67. The molecule has 0 bridgehead atoms. The molecule has 2 aliphatic carbocycles. The van der Waals surface area contributed by atoms with E-state index in [1.165, 1.54) is 0 Å². The van der Waals surface area contributed by atoms with Crippen molar-refractivity contribution in [3.63, 3.8) is 0 Å². The lowest BCUT2D eigenvalue weighted by Crippen LogP contribution is -2.59. The third kappa shape index (κ3) is 0.990. The summed E-state index contributed by atoms with van der Waals surface area (Å²) in [5, 5.41) is 0. The van der Waals surface area contributed by atoms with Crippen molar-refractivity contribution in [1.82, 2.24) is 0 Å². The molecule has 1 heterocycles. The summed E-state index contributed by atoms with van der Waals surface area (Å²) in [7, 11) is 0. The first kappa shape index (κ1) is 11.8. The first-order valence-corrected chi connectivity index (χ1v) is 6.33. The van der Waals surface area contributed by atoms with Crippen molar-refractivity contribution in [2.45, 2.75) is 40.4 Å². The molecule has 4 heteroatoms. The van der Waals surface area contributed by atoms with E-state index >= 15 is 0 Å². The van der Waals surface area contributed by atoms with Crippen LogP contribution in [-0.4, -0.2) is 17.7 Å². The van der Waals surface area contributed by atoms with Gasteiger partial charge in [0, 0.05) is 19.8 Å². The van der Waals surface area contributed by atoms with Gasteiger partial charge in [0.1, 0.15) is 0 Å². The number of ether oxygens (including phenoxy) is 2. The number of fused-ring (bicyclic) bond motifs is 2. The highest BCUT2D eigenvalue weighted by atomic mass is 16.7. The van der Waals surface area contributed by atoms with Crippen molar-refractivity contribution < 1.29 is 19.1 Å². The normalized spacial score (nSPS) is 39.7. The number of hydrogen-bond acceptors (Lipinski definition) is 4. The molecule has 0 amide bonds. The van der Waals surface area contributed by atoms with Crippen molar-refractivity contribution in [3.8, 4) is 0 Å². The molecule has 4 nitrogen and oxygen atoms in total. The molecule has 3 fully saturated rings. The van der Waals surface area contributed by atoms with Crippen LogP contribution in [-0.2, 0) is 19.1 Å². The first-order valence-electron chi connectivity index (χ1n) is 6.33. The van der Waals surface area contributed by atoms with Crippen LogP contribution < -0.4 is 0 Å². The maximum atomic E-state index is 12.4. The van der Waals surface area contributed by atoms with Gasteiger partial charge in [0.05, 0.1) is 0 Å². The van der Waals surface area contributed by atoms with Crippen molar-refractivity contribution in [2.75, 3.05) is 0 Å². The molecule has 18 heavy (non-hydrogen) atoms. The smallest absolute Gasteiger partial charge is 0.331 e. The molecule has 1 spiro atoms. The molecule has 0 radical (unpaired) electrons. The Kier molecular flexibility index (Phi) is 1.83. The summed E-state index contributed by atoms with van der Waals surface area (Å²) < 4.78 is 10.6. The Bertz CT molecular complexity index is 478. The highest BCUT2D eigenvalue weighted by molar-refractivity contribution is 6.09. The number of cyclic esters (lactones) is 2. The van der Waals surface area contributed by atoms with Gasteiger partial charge in [-0.3, -0.25) is 9.59 Å². The number of carbonyl (C=O) groups is 2. The Morgan fingerprint density at radius 3 is 2.00 bits per heavy atom. The average Bonchev–Trinajstić information content (AvgIpc) is 2.60. The summed E-state index contributed by atoms with van der Waals surface area (Å²) in [6.07, 6.45) is 1.87. The van der Waals surface area contributed by atoms with Gasteiger partial charge in [0.15, 0.2) is 5.41 Å². The zero-order chi connectivity index (χ0) is 13.5. The quantitative estimate of drug-likeness (QED) is 0.375. The number of allylic oxidation sites excluding steroid dienone is 1. The molecule has 3 rings (SSSR count). The van der Waals surface area contributed by atoms with E-state index < -0.39 is 23.1 Å². The fourth-order valence-corrected chi connectivity index (χ4v) is 3.96. The Hall–Kier alpha value is -1.32. The number of carbonyl (C=O) groups excluding carboxylic acids is 2. The monoisotopic (exact) mass is 250 g/mol. The van der Waals surface area contributed by atoms with Crippen LogP contribution in [0.25, 0.3) is 0 Å². The third-order valence-corrected chi connectivity index (χ3v) is 4.72. The second kappa shape index (κ2) is 2.81. The lowest BCUT2D eigenvalue weighted by Gasteiger charge is -2.46. The molecule has 1 saturated heterocycles. The fourth-order valence-electron chi connectivity index (χ4n) is 3.96. The summed E-state index contributed by atoms with van der Waals surface area (Å²) in [6.45, 7) is 9.20. The molecule has 1 aliphatic heterocycles. The summed E-state index contributed by atoms with van der Waals surface area (Å²) >= 11 is 0. The lowest BCUT2D eigenvalue weighted by atomic mass is 9.63. The Morgan fingerprint density at radius 2 is 1.56 bits per heavy atom. The van der Waals surface area contributed by atoms with E-state index in [1.54, 1.807) is 13.8 Å². The van der Waals surface area contributed by atoms with Gasteiger partial charge in [0.25, 0.3) is 5.79 Å².